The molecule has 210 valence electrons. The molecule has 3 heterocycles. The number of hydrogen-bond acceptors (Lipinski definition) is 5. The van der Waals surface area contributed by atoms with Crippen molar-refractivity contribution >= 4 is 43.1 Å². The van der Waals surface area contributed by atoms with Crippen LogP contribution >= 0.6 is 0 Å². The van der Waals surface area contributed by atoms with Crippen LogP contribution in [0.15, 0.2) is 58.5 Å². The topological polar surface area (TPSA) is 94.1 Å². The van der Waals surface area contributed by atoms with Gasteiger partial charge < -0.3 is 14.3 Å². The molecule has 5 aromatic rings. The van der Waals surface area contributed by atoms with Gasteiger partial charge in [0.05, 0.1) is 22.9 Å². The standard InChI is InChI=1S/C32H30FN3O4S/c1-3-5-13-40-29-17-26-28(16-25(29)21-15-23(19-34-18-21)41(33,38)39)36(22-9-7-6-8-10-22)32-30(31(26)37)24-12-11-20(4-2)14-27(24)35-32/h2,11-12,14-19,22,35H,3,5-10,13H2,1H3. The van der Waals surface area contributed by atoms with E-state index in [2.05, 4.69) is 20.5 Å². The number of unbranched alkanes of at least 4 members (excludes halogenated alkanes) is 1. The van der Waals surface area contributed by atoms with Crippen LogP contribution in [0, 0.1) is 12.3 Å². The van der Waals surface area contributed by atoms with Crippen LogP contribution in [0.3, 0.4) is 0 Å². The Morgan fingerprint density at radius 1 is 1.12 bits per heavy atom. The van der Waals surface area contributed by atoms with E-state index in [9.17, 15) is 17.1 Å². The highest BCUT2D eigenvalue weighted by Crippen LogP contribution is 2.40. The highest BCUT2D eigenvalue weighted by Gasteiger charge is 2.25. The van der Waals surface area contributed by atoms with Gasteiger partial charge in [0, 0.05) is 46.0 Å². The summed E-state index contributed by atoms with van der Waals surface area (Å²) in [5.41, 5.74) is 3.72. The Kier molecular flexibility index (Phi) is 7.04. The normalized spacial score (nSPS) is 14.6. The predicted molar refractivity (Wildman–Crippen MR) is 160 cm³/mol. The zero-order valence-electron chi connectivity index (χ0n) is 22.7. The minimum atomic E-state index is -4.97. The van der Waals surface area contributed by atoms with Crippen LogP contribution in [0.4, 0.5) is 3.89 Å². The molecular formula is C32H30FN3O4S. The Hall–Kier alpha value is -4.16. The number of pyridine rings is 2. The summed E-state index contributed by atoms with van der Waals surface area (Å²) in [5.74, 6) is 3.08. The molecule has 0 atom stereocenters. The molecule has 0 radical (unpaired) electrons. The number of nitrogens with zero attached hydrogens (tertiary/aromatic N) is 2. The van der Waals surface area contributed by atoms with E-state index in [0.29, 0.717) is 39.8 Å². The SMILES string of the molecule is C#Cc1ccc2c(c1)[nH]c1c2c(=O)c2cc(OCCCC)c(-c3cncc(S(=O)(=O)F)c3)cc2n1C1CCCCC1. The van der Waals surface area contributed by atoms with Crippen LogP contribution in [0.2, 0.25) is 0 Å². The Morgan fingerprint density at radius 3 is 2.66 bits per heavy atom. The molecule has 7 nitrogen and oxygen atoms in total. The fourth-order valence-corrected chi connectivity index (χ4v) is 6.43. The molecule has 1 fully saturated rings. The molecule has 0 amide bonds. The lowest BCUT2D eigenvalue weighted by Crippen LogP contribution is -2.18. The van der Waals surface area contributed by atoms with E-state index in [0.717, 1.165) is 73.3 Å². The Labute approximate surface area is 237 Å². The molecular weight excluding hydrogens is 541 g/mol. The van der Waals surface area contributed by atoms with Crippen LogP contribution in [0.25, 0.3) is 44.0 Å². The molecule has 41 heavy (non-hydrogen) atoms. The first-order chi connectivity index (χ1) is 19.8. The number of halogens is 1. The van der Waals surface area contributed by atoms with Crippen molar-refractivity contribution in [3.05, 3.63) is 64.6 Å². The molecule has 1 N–H and O–H groups in total. The van der Waals surface area contributed by atoms with Crippen molar-refractivity contribution in [2.24, 2.45) is 0 Å². The molecule has 9 heteroatoms. The minimum absolute atomic E-state index is 0.133. The third kappa shape index (κ3) is 4.87. The van der Waals surface area contributed by atoms with Crippen molar-refractivity contribution in [3.63, 3.8) is 0 Å². The van der Waals surface area contributed by atoms with E-state index in [1.165, 1.54) is 12.3 Å². The summed E-state index contributed by atoms with van der Waals surface area (Å²) >= 11 is 0. The molecule has 0 saturated heterocycles. The van der Waals surface area contributed by atoms with Crippen LogP contribution in [-0.4, -0.2) is 29.6 Å². The maximum absolute atomic E-state index is 14.2. The minimum Gasteiger partial charge on any atom is -0.493 e. The van der Waals surface area contributed by atoms with Gasteiger partial charge in [-0.1, -0.05) is 44.6 Å². The van der Waals surface area contributed by atoms with Crippen molar-refractivity contribution in [2.45, 2.75) is 62.8 Å². The fraction of sp³-hybridized carbons (Fsp3) is 0.312. The van der Waals surface area contributed by atoms with Gasteiger partial charge in [0.1, 0.15) is 16.3 Å². The first-order valence-electron chi connectivity index (χ1n) is 14.0. The van der Waals surface area contributed by atoms with Gasteiger partial charge in [-0.05, 0) is 49.6 Å². The number of aromatic amines is 1. The predicted octanol–water partition coefficient (Wildman–Crippen LogP) is 7.02. The number of aromatic nitrogens is 3. The van der Waals surface area contributed by atoms with Crippen LogP contribution < -0.4 is 10.2 Å². The highest BCUT2D eigenvalue weighted by molar-refractivity contribution is 7.86. The number of ether oxygens (including phenoxy) is 1. The van der Waals surface area contributed by atoms with E-state index < -0.39 is 15.1 Å². The number of benzene rings is 2. The van der Waals surface area contributed by atoms with Gasteiger partial charge in [0.2, 0.25) is 0 Å². The van der Waals surface area contributed by atoms with Crippen molar-refractivity contribution < 1.29 is 17.0 Å². The third-order valence-corrected chi connectivity index (χ3v) is 8.80. The Morgan fingerprint density at radius 2 is 1.93 bits per heavy atom. The summed E-state index contributed by atoms with van der Waals surface area (Å²) in [6.07, 6.45) is 15.0. The molecule has 0 bridgehead atoms. The van der Waals surface area contributed by atoms with Crippen molar-refractivity contribution in [3.8, 4) is 29.2 Å². The summed E-state index contributed by atoms with van der Waals surface area (Å²) < 4.78 is 45.7. The zero-order valence-corrected chi connectivity index (χ0v) is 23.6. The number of rotatable bonds is 7. The van der Waals surface area contributed by atoms with Gasteiger partial charge in [-0.3, -0.25) is 9.78 Å². The zero-order chi connectivity index (χ0) is 28.7. The molecule has 0 spiro atoms. The highest BCUT2D eigenvalue weighted by atomic mass is 32.3. The lowest BCUT2D eigenvalue weighted by atomic mass is 9.94. The number of nitrogens with one attached hydrogen (secondary N) is 1. The van der Waals surface area contributed by atoms with Crippen LogP contribution in [-0.2, 0) is 10.2 Å². The Balaban J connectivity index is 1.71. The van der Waals surface area contributed by atoms with Gasteiger partial charge in [-0.25, -0.2) is 0 Å². The monoisotopic (exact) mass is 571 g/mol. The quantitative estimate of drug-likeness (QED) is 0.129. The van der Waals surface area contributed by atoms with Crippen molar-refractivity contribution in [2.75, 3.05) is 6.61 Å². The van der Waals surface area contributed by atoms with E-state index >= 15 is 0 Å². The second-order valence-corrected chi connectivity index (χ2v) is 12.0. The first-order valence-corrected chi connectivity index (χ1v) is 15.4. The number of H-pyrrole nitrogens is 1. The smallest absolute Gasteiger partial charge is 0.333 e. The molecule has 2 aromatic carbocycles. The summed E-state index contributed by atoms with van der Waals surface area (Å²) in [6, 6.07) is 10.6. The average molecular weight is 572 g/mol. The molecule has 3 aromatic heterocycles. The van der Waals surface area contributed by atoms with Gasteiger partial charge in [0.15, 0.2) is 5.43 Å². The molecule has 1 saturated carbocycles. The summed E-state index contributed by atoms with van der Waals surface area (Å²) in [4.78, 5) is 21.2. The van der Waals surface area contributed by atoms with Gasteiger partial charge in [-0.15, -0.1) is 10.3 Å². The van der Waals surface area contributed by atoms with Gasteiger partial charge >= 0.3 is 10.2 Å². The molecule has 0 aliphatic heterocycles. The Bertz CT molecular complexity index is 2020. The fourth-order valence-electron chi connectivity index (χ4n) is 5.98. The largest absolute Gasteiger partial charge is 0.493 e. The summed E-state index contributed by atoms with van der Waals surface area (Å²) in [7, 11) is -4.97. The maximum Gasteiger partial charge on any atom is 0.333 e. The second-order valence-electron chi connectivity index (χ2n) is 10.7. The molecule has 1 aliphatic rings. The maximum atomic E-state index is 14.2. The molecule has 6 rings (SSSR count). The number of fused-ring (bicyclic) bond motifs is 4. The summed E-state index contributed by atoms with van der Waals surface area (Å²) in [5, 5.41) is 1.90. The molecule has 1 aliphatic carbocycles. The summed E-state index contributed by atoms with van der Waals surface area (Å²) in [6.45, 7) is 2.46. The van der Waals surface area contributed by atoms with E-state index in [-0.39, 0.29) is 11.5 Å². The van der Waals surface area contributed by atoms with Crippen LogP contribution in [0.1, 0.15) is 63.5 Å². The first kappa shape index (κ1) is 27.0. The average Bonchev–Trinajstić information content (AvgIpc) is 3.36. The number of terminal acetylenes is 1. The second kappa shape index (κ2) is 10.7. The van der Waals surface area contributed by atoms with Crippen molar-refractivity contribution in [1.82, 2.24) is 14.5 Å². The van der Waals surface area contributed by atoms with Gasteiger partial charge in [-0.2, -0.15) is 8.42 Å². The van der Waals surface area contributed by atoms with E-state index in [1.54, 1.807) is 6.07 Å². The lowest BCUT2D eigenvalue weighted by molar-refractivity contribution is 0.311. The van der Waals surface area contributed by atoms with Gasteiger partial charge in [0.25, 0.3) is 0 Å². The third-order valence-electron chi connectivity index (χ3n) is 8.02. The van der Waals surface area contributed by atoms with E-state index in [4.69, 9.17) is 11.2 Å². The number of hydrogen-bond donors (Lipinski definition) is 1. The van der Waals surface area contributed by atoms with E-state index in [1.807, 2.05) is 31.2 Å². The van der Waals surface area contributed by atoms with Crippen molar-refractivity contribution in [1.29, 1.82) is 0 Å². The lowest BCUT2D eigenvalue weighted by Gasteiger charge is -2.27. The van der Waals surface area contributed by atoms with Crippen LogP contribution in [0.5, 0.6) is 5.75 Å². The molecule has 0 unspecified atom stereocenters.